The summed E-state index contributed by atoms with van der Waals surface area (Å²) < 4.78 is 16.5. The first-order valence-electron chi connectivity index (χ1n) is 6.11. The number of rotatable bonds is 6. The third-order valence-electron chi connectivity index (χ3n) is 2.84. The van der Waals surface area contributed by atoms with E-state index >= 15 is 0 Å². The summed E-state index contributed by atoms with van der Waals surface area (Å²) in [7, 11) is -2.11. The second kappa shape index (κ2) is 7.40. The third-order valence-corrected chi connectivity index (χ3v) is 3.55. The van der Waals surface area contributed by atoms with Gasteiger partial charge in [-0.25, -0.2) is 4.57 Å². The van der Waals surface area contributed by atoms with Crippen molar-refractivity contribution in [3.05, 3.63) is 71.8 Å². The Labute approximate surface area is 119 Å². The maximum Gasteiger partial charge on any atom is 0.315 e. The Kier molecular flexibility index (Phi) is 5.53. The second-order valence-corrected chi connectivity index (χ2v) is 5.78. The van der Waals surface area contributed by atoms with Crippen molar-refractivity contribution in [1.82, 2.24) is 0 Å². The van der Waals surface area contributed by atoms with Gasteiger partial charge in [0.2, 0.25) is 0 Å². The van der Waals surface area contributed by atoms with Crippen LogP contribution in [0.4, 0.5) is 0 Å². The Hall–Kier alpha value is -1.21. The zero-order valence-electron chi connectivity index (χ0n) is 10.4. The van der Waals surface area contributed by atoms with Crippen LogP contribution in [-0.4, -0.2) is 6.10 Å². The van der Waals surface area contributed by atoms with E-state index in [0.717, 1.165) is 11.1 Å². The van der Waals surface area contributed by atoms with Crippen molar-refractivity contribution in [2.24, 2.45) is 0 Å². The van der Waals surface area contributed by atoms with E-state index in [9.17, 15) is 4.57 Å². The molecule has 0 N–H and O–H groups in total. The predicted octanol–water partition coefficient (Wildman–Crippen LogP) is 4.75. The first-order chi connectivity index (χ1) is 9.24. The molecule has 0 aliphatic heterocycles. The molecule has 4 heteroatoms. The van der Waals surface area contributed by atoms with Crippen molar-refractivity contribution in [3.63, 3.8) is 0 Å². The normalized spacial score (nSPS) is 11.6. The molecule has 1 unspecified atom stereocenters. The fraction of sp³-hybridized carbons (Fsp3) is 0.200. The molecule has 19 heavy (non-hydrogen) atoms. The van der Waals surface area contributed by atoms with Crippen LogP contribution < -0.4 is 0 Å². The molecule has 0 saturated carbocycles. The molecule has 0 aromatic heterocycles. The summed E-state index contributed by atoms with van der Waals surface area (Å²) in [5, 5.41) is 0. The molecule has 0 heterocycles. The Bertz CT molecular complexity index is 475. The van der Waals surface area contributed by atoms with Crippen LogP contribution in [0.5, 0.6) is 0 Å². The van der Waals surface area contributed by atoms with E-state index in [1.807, 2.05) is 60.7 Å². The van der Waals surface area contributed by atoms with Crippen molar-refractivity contribution in [3.8, 4) is 0 Å². The highest BCUT2D eigenvalue weighted by Crippen LogP contribution is 2.31. The fourth-order valence-corrected chi connectivity index (χ4v) is 2.74. The quantitative estimate of drug-likeness (QED) is 0.718. The minimum absolute atomic E-state index is 0.175. The maximum absolute atomic E-state index is 11.1. The molecular weight excluding hydrogens is 279 g/mol. The topological polar surface area (TPSA) is 26.3 Å². The molecule has 0 fully saturated rings. The SMILES string of the molecule is O=[P](Cl)OC(Cc1ccccc1)Cc1ccccc1. The van der Waals surface area contributed by atoms with E-state index in [-0.39, 0.29) is 6.10 Å². The Morgan fingerprint density at radius 1 is 0.895 bits per heavy atom. The van der Waals surface area contributed by atoms with Crippen LogP contribution in [0.2, 0.25) is 0 Å². The lowest BCUT2D eigenvalue weighted by molar-refractivity contribution is 0.221. The van der Waals surface area contributed by atoms with Crippen LogP contribution in [0.1, 0.15) is 11.1 Å². The van der Waals surface area contributed by atoms with Crippen molar-refractivity contribution in [1.29, 1.82) is 0 Å². The van der Waals surface area contributed by atoms with Crippen LogP contribution in [0.15, 0.2) is 60.7 Å². The van der Waals surface area contributed by atoms with E-state index in [1.54, 1.807) is 0 Å². The highest BCUT2D eigenvalue weighted by Gasteiger charge is 2.14. The Balaban J connectivity index is 2.06. The van der Waals surface area contributed by atoms with Crippen LogP contribution in [0.25, 0.3) is 0 Å². The van der Waals surface area contributed by atoms with Gasteiger partial charge in [0, 0.05) is 11.2 Å². The average Bonchev–Trinajstić information content (AvgIpc) is 2.40. The molecule has 0 saturated heterocycles. The van der Waals surface area contributed by atoms with Gasteiger partial charge in [-0.1, -0.05) is 60.7 Å². The van der Waals surface area contributed by atoms with Gasteiger partial charge in [-0.3, -0.25) is 4.52 Å². The zero-order valence-corrected chi connectivity index (χ0v) is 12.1. The van der Waals surface area contributed by atoms with Gasteiger partial charge < -0.3 is 0 Å². The summed E-state index contributed by atoms with van der Waals surface area (Å²) >= 11 is 5.49. The summed E-state index contributed by atoms with van der Waals surface area (Å²) in [6.07, 6.45) is 1.22. The summed E-state index contributed by atoms with van der Waals surface area (Å²) in [6.45, 7) is 0. The summed E-state index contributed by atoms with van der Waals surface area (Å²) in [6, 6.07) is 20.0. The van der Waals surface area contributed by atoms with Gasteiger partial charge in [0.1, 0.15) is 0 Å². The van der Waals surface area contributed by atoms with E-state index in [4.69, 9.17) is 15.8 Å². The molecule has 0 bridgehead atoms. The molecule has 1 radical (unpaired) electrons. The molecule has 99 valence electrons. The molecule has 1 atom stereocenters. The van der Waals surface area contributed by atoms with Crippen molar-refractivity contribution in [2.45, 2.75) is 18.9 Å². The molecule has 2 nitrogen and oxygen atoms in total. The van der Waals surface area contributed by atoms with Gasteiger partial charge in [-0.15, -0.1) is 0 Å². The summed E-state index contributed by atoms with van der Waals surface area (Å²) in [5.74, 6) is 0. The Morgan fingerprint density at radius 2 is 1.32 bits per heavy atom. The lowest BCUT2D eigenvalue weighted by Gasteiger charge is -2.15. The lowest BCUT2D eigenvalue weighted by Crippen LogP contribution is -2.15. The van der Waals surface area contributed by atoms with Crippen LogP contribution >= 0.6 is 18.6 Å². The number of halogens is 1. The van der Waals surface area contributed by atoms with Gasteiger partial charge >= 0.3 is 7.38 Å². The predicted molar refractivity (Wildman–Crippen MR) is 78.6 cm³/mol. The lowest BCUT2D eigenvalue weighted by atomic mass is 10.0. The standard InChI is InChI=1S/C15H15ClO2P/c16-19(17)18-15(11-13-7-3-1-4-8-13)12-14-9-5-2-6-10-14/h1-10,15H,11-12H2. The van der Waals surface area contributed by atoms with Gasteiger partial charge in [-0.05, 0) is 24.0 Å². The molecule has 0 amide bonds. The molecule has 0 aliphatic carbocycles. The first-order valence-corrected chi connectivity index (χ1v) is 8.20. The van der Waals surface area contributed by atoms with Crippen LogP contribution in [0.3, 0.4) is 0 Å². The molecule has 2 aromatic carbocycles. The van der Waals surface area contributed by atoms with Crippen molar-refractivity contribution in [2.75, 3.05) is 0 Å². The van der Waals surface area contributed by atoms with E-state index in [0.29, 0.717) is 12.8 Å². The molecular formula is C15H15ClO2P. The largest absolute Gasteiger partial charge is 0.315 e. The molecule has 2 aromatic rings. The molecule has 2 rings (SSSR count). The molecule has 0 spiro atoms. The Morgan fingerprint density at radius 3 is 1.68 bits per heavy atom. The smallest absolute Gasteiger partial charge is 0.288 e. The van der Waals surface area contributed by atoms with E-state index < -0.39 is 7.38 Å². The van der Waals surface area contributed by atoms with Crippen molar-refractivity contribution < 1.29 is 9.09 Å². The van der Waals surface area contributed by atoms with Gasteiger partial charge in [0.25, 0.3) is 0 Å². The van der Waals surface area contributed by atoms with Gasteiger partial charge in [0.05, 0.1) is 6.10 Å². The monoisotopic (exact) mass is 293 g/mol. The molecule has 0 aliphatic rings. The zero-order chi connectivity index (χ0) is 13.5. The average molecular weight is 294 g/mol. The highest BCUT2D eigenvalue weighted by atomic mass is 35.7. The highest BCUT2D eigenvalue weighted by molar-refractivity contribution is 7.69. The minimum atomic E-state index is -2.11. The summed E-state index contributed by atoms with van der Waals surface area (Å²) in [5.41, 5.74) is 2.30. The van der Waals surface area contributed by atoms with E-state index in [2.05, 4.69) is 0 Å². The van der Waals surface area contributed by atoms with Gasteiger partial charge in [-0.2, -0.15) is 0 Å². The van der Waals surface area contributed by atoms with Crippen LogP contribution in [-0.2, 0) is 21.9 Å². The van der Waals surface area contributed by atoms with Crippen LogP contribution in [0, 0.1) is 0 Å². The number of benzene rings is 2. The first kappa shape index (κ1) is 14.2. The maximum atomic E-state index is 11.1. The second-order valence-electron chi connectivity index (χ2n) is 4.32. The summed E-state index contributed by atoms with van der Waals surface area (Å²) in [4.78, 5) is 0. The number of hydrogen-bond acceptors (Lipinski definition) is 2. The number of hydrogen-bond donors (Lipinski definition) is 0. The third kappa shape index (κ3) is 5.12. The minimum Gasteiger partial charge on any atom is -0.288 e. The van der Waals surface area contributed by atoms with E-state index in [1.165, 1.54) is 0 Å². The van der Waals surface area contributed by atoms with Gasteiger partial charge in [0.15, 0.2) is 0 Å². The van der Waals surface area contributed by atoms with Crippen molar-refractivity contribution >= 4 is 18.6 Å². The fourth-order valence-electron chi connectivity index (χ4n) is 2.02.